The number of nitrogens with one attached hydrogen (secondary N) is 1. The Morgan fingerprint density at radius 2 is 1.77 bits per heavy atom. The number of halogens is 2. The molecule has 2 atom stereocenters. The van der Waals surface area contributed by atoms with Crippen LogP contribution in [-0.4, -0.2) is 32.2 Å². The van der Waals surface area contributed by atoms with E-state index in [4.69, 9.17) is 4.74 Å². The lowest BCUT2D eigenvalue weighted by molar-refractivity contribution is 0.0775. The Balaban J connectivity index is 3.94. The molecule has 80 valence electrons. The summed E-state index contributed by atoms with van der Waals surface area (Å²) in [4.78, 5) is 0. The molecule has 0 aromatic rings. The largest absolute Gasteiger partial charge is 0.383 e. The molecule has 2 unspecified atom stereocenters. The third kappa shape index (κ3) is 5.16. The van der Waals surface area contributed by atoms with Gasteiger partial charge in [-0.15, -0.1) is 0 Å². The zero-order valence-electron chi connectivity index (χ0n) is 8.68. The van der Waals surface area contributed by atoms with E-state index in [0.717, 1.165) is 0 Å². The molecule has 0 aliphatic rings. The van der Waals surface area contributed by atoms with Crippen LogP contribution in [0.15, 0.2) is 0 Å². The normalized spacial score (nSPS) is 16.6. The fourth-order valence-corrected chi connectivity index (χ4v) is 1.02. The number of methoxy groups -OCH3 is 1. The van der Waals surface area contributed by atoms with Gasteiger partial charge in [-0.1, -0.05) is 13.8 Å². The first-order chi connectivity index (χ1) is 5.99. The van der Waals surface area contributed by atoms with Gasteiger partial charge in [-0.25, -0.2) is 8.78 Å². The van der Waals surface area contributed by atoms with Crippen molar-refractivity contribution in [2.24, 2.45) is 5.92 Å². The summed E-state index contributed by atoms with van der Waals surface area (Å²) in [6.45, 7) is 5.91. The SMILES string of the molecule is COCC(NC(C)C(F)F)C(C)C. The van der Waals surface area contributed by atoms with Crippen molar-refractivity contribution in [2.45, 2.75) is 39.3 Å². The Bertz CT molecular complexity index is 131. The monoisotopic (exact) mass is 195 g/mol. The molecule has 0 aliphatic heterocycles. The molecule has 13 heavy (non-hydrogen) atoms. The van der Waals surface area contributed by atoms with Gasteiger partial charge in [0.15, 0.2) is 0 Å². The summed E-state index contributed by atoms with van der Waals surface area (Å²) in [5, 5.41) is 2.84. The van der Waals surface area contributed by atoms with Crippen LogP contribution in [0.2, 0.25) is 0 Å². The lowest BCUT2D eigenvalue weighted by atomic mass is 10.0. The molecule has 0 radical (unpaired) electrons. The maximum Gasteiger partial charge on any atom is 0.253 e. The molecular formula is C9H19F2NO. The topological polar surface area (TPSA) is 21.3 Å². The summed E-state index contributed by atoms with van der Waals surface area (Å²) >= 11 is 0. The molecule has 2 nitrogen and oxygen atoms in total. The Labute approximate surface area is 78.7 Å². The quantitative estimate of drug-likeness (QED) is 0.699. The highest BCUT2D eigenvalue weighted by molar-refractivity contribution is 4.75. The van der Waals surface area contributed by atoms with Crippen molar-refractivity contribution in [3.63, 3.8) is 0 Å². The summed E-state index contributed by atoms with van der Waals surface area (Å²) in [6.07, 6.45) is -2.32. The lowest BCUT2D eigenvalue weighted by Gasteiger charge is -2.25. The third-order valence-corrected chi connectivity index (χ3v) is 2.01. The van der Waals surface area contributed by atoms with Crippen LogP contribution >= 0.6 is 0 Å². The maximum atomic E-state index is 12.2. The molecule has 0 saturated carbocycles. The zero-order chi connectivity index (χ0) is 10.4. The van der Waals surface area contributed by atoms with E-state index < -0.39 is 12.5 Å². The van der Waals surface area contributed by atoms with Gasteiger partial charge in [-0.3, -0.25) is 0 Å². The highest BCUT2D eigenvalue weighted by Crippen LogP contribution is 2.07. The molecule has 0 saturated heterocycles. The highest BCUT2D eigenvalue weighted by atomic mass is 19.3. The molecular weight excluding hydrogens is 176 g/mol. The average Bonchev–Trinajstić information content (AvgIpc) is 2.03. The fraction of sp³-hybridized carbons (Fsp3) is 1.00. The molecule has 0 fully saturated rings. The van der Waals surface area contributed by atoms with E-state index in [2.05, 4.69) is 5.32 Å². The minimum Gasteiger partial charge on any atom is -0.383 e. The second-order valence-corrected chi connectivity index (χ2v) is 3.60. The van der Waals surface area contributed by atoms with Crippen LogP contribution in [-0.2, 0) is 4.74 Å². The smallest absolute Gasteiger partial charge is 0.253 e. The van der Waals surface area contributed by atoms with Gasteiger partial charge in [0.1, 0.15) is 0 Å². The van der Waals surface area contributed by atoms with Crippen LogP contribution in [0.4, 0.5) is 8.78 Å². The number of ether oxygens (including phenoxy) is 1. The second-order valence-electron chi connectivity index (χ2n) is 3.60. The fourth-order valence-electron chi connectivity index (χ4n) is 1.02. The molecule has 4 heteroatoms. The van der Waals surface area contributed by atoms with Gasteiger partial charge < -0.3 is 10.1 Å². The van der Waals surface area contributed by atoms with E-state index in [9.17, 15) is 8.78 Å². The molecule has 0 bridgehead atoms. The molecule has 1 N–H and O–H groups in total. The van der Waals surface area contributed by atoms with Gasteiger partial charge in [-0.2, -0.15) is 0 Å². The number of rotatable bonds is 6. The first-order valence-corrected chi connectivity index (χ1v) is 4.52. The summed E-state index contributed by atoms with van der Waals surface area (Å²) in [7, 11) is 1.57. The molecule has 0 amide bonds. The van der Waals surface area contributed by atoms with Crippen molar-refractivity contribution in [1.82, 2.24) is 5.32 Å². The predicted octanol–water partition coefficient (Wildman–Crippen LogP) is 1.90. The van der Waals surface area contributed by atoms with Crippen LogP contribution < -0.4 is 5.32 Å². The van der Waals surface area contributed by atoms with Gasteiger partial charge in [0.25, 0.3) is 6.43 Å². The second kappa shape index (κ2) is 6.27. The van der Waals surface area contributed by atoms with Crippen molar-refractivity contribution in [1.29, 1.82) is 0 Å². The number of hydrogen-bond acceptors (Lipinski definition) is 2. The predicted molar refractivity (Wildman–Crippen MR) is 49.1 cm³/mol. The Kier molecular flexibility index (Phi) is 6.16. The zero-order valence-corrected chi connectivity index (χ0v) is 8.68. The summed E-state index contributed by atoms with van der Waals surface area (Å²) in [5.74, 6) is 0.293. The Morgan fingerprint density at radius 1 is 1.23 bits per heavy atom. The third-order valence-electron chi connectivity index (χ3n) is 2.01. The first-order valence-electron chi connectivity index (χ1n) is 4.52. The average molecular weight is 195 g/mol. The molecule has 0 rings (SSSR count). The molecule has 0 heterocycles. The van der Waals surface area contributed by atoms with E-state index in [1.54, 1.807) is 7.11 Å². The molecule has 0 aromatic heterocycles. The van der Waals surface area contributed by atoms with E-state index in [1.165, 1.54) is 6.92 Å². The van der Waals surface area contributed by atoms with Crippen LogP contribution in [0.25, 0.3) is 0 Å². The van der Waals surface area contributed by atoms with Crippen LogP contribution in [0.3, 0.4) is 0 Å². The van der Waals surface area contributed by atoms with E-state index in [-0.39, 0.29) is 6.04 Å². The van der Waals surface area contributed by atoms with E-state index >= 15 is 0 Å². The van der Waals surface area contributed by atoms with Gasteiger partial charge in [0, 0.05) is 13.2 Å². The standard InChI is InChI=1S/C9H19F2NO/c1-6(2)8(5-13-4)12-7(3)9(10)11/h6-9,12H,5H2,1-4H3. The van der Waals surface area contributed by atoms with Crippen molar-refractivity contribution < 1.29 is 13.5 Å². The first kappa shape index (κ1) is 12.8. The van der Waals surface area contributed by atoms with Gasteiger partial charge in [0.05, 0.1) is 12.6 Å². The van der Waals surface area contributed by atoms with Crippen molar-refractivity contribution in [3.8, 4) is 0 Å². The summed E-state index contributed by atoms with van der Waals surface area (Å²) < 4.78 is 29.3. The highest BCUT2D eigenvalue weighted by Gasteiger charge is 2.20. The van der Waals surface area contributed by atoms with Crippen molar-refractivity contribution >= 4 is 0 Å². The van der Waals surface area contributed by atoms with Crippen molar-refractivity contribution in [3.05, 3.63) is 0 Å². The van der Waals surface area contributed by atoms with E-state index in [0.29, 0.717) is 12.5 Å². The maximum absolute atomic E-state index is 12.2. The van der Waals surface area contributed by atoms with Gasteiger partial charge in [-0.05, 0) is 12.8 Å². The van der Waals surface area contributed by atoms with E-state index in [1.807, 2.05) is 13.8 Å². The van der Waals surface area contributed by atoms with Crippen LogP contribution in [0, 0.1) is 5.92 Å². The number of alkyl halides is 2. The summed E-state index contributed by atoms with van der Waals surface area (Å²) in [6, 6.07) is -0.781. The Hall–Kier alpha value is -0.220. The minimum atomic E-state index is -2.32. The van der Waals surface area contributed by atoms with Crippen molar-refractivity contribution in [2.75, 3.05) is 13.7 Å². The van der Waals surface area contributed by atoms with Gasteiger partial charge in [0.2, 0.25) is 0 Å². The Morgan fingerprint density at radius 3 is 2.08 bits per heavy atom. The summed E-state index contributed by atoms with van der Waals surface area (Å²) in [5.41, 5.74) is 0. The van der Waals surface area contributed by atoms with Crippen LogP contribution in [0.1, 0.15) is 20.8 Å². The van der Waals surface area contributed by atoms with Crippen LogP contribution in [0.5, 0.6) is 0 Å². The molecule has 0 aliphatic carbocycles. The minimum absolute atomic E-state index is 0.00556. The number of hydrogen-bond donors (Lipinski definition) is 1. The molecule has 0 aromatic carbocycles. The van der Waals surface area contributed by atoms with Gasteiger partial charge >= 0.3 is 0 Å². The lowest BCUT2D eigenvalue weighted by Crippen LogP contribution is -2.45. The molecule has 0 spiro atoms.